The summed E-state index contributed by atoms with van der Waals surface area (Å²) in [6.07, 6.45) is 1.08. The number of hydrogen-bond acceptors (Lipinski definition) is 2. The maximum Gasteiger partial charge on any atom is 0.146 e. The minimum Gasteiger partial charge on any atom is -0.368 e. The highest BCUT2D eigenvalue weighted by molar-refractivity contribution is 5.47. The Balaban J connectivity index is 2.56. The summed E-state index contributed by atoms with van der Waals surface area (Å²) < 4.78 is 13.7. The highest BCUT2D eigenvalue weighted by atomic mass is 19.1. The zero-order valence-electron chi connectivity index (χ0n) is 12.0. The summed E-state index contributed by atoms with van der Waals surface area (Å²) in [7, 11) is 0. The Morgan fingerprint density at radius 2 is 1.89 bits per heavy atom. The molecule has 1 aromatic rings. The molecular weight excluding hydrogens is 227 g/mol. The van der Waals surface area contributed by atoms with Crippen LogP contribution in [0.15, 0.2) is 24.3 Å². The zero-order valence-corrected chi connectivity index (χ0v) is 12.0. The Morgan fingerprint density at radius 1 is 1.22 bits per heavy atom. The van der Waals surface area contributed by atoms with E-state index in [1.54, 1.807) is 6.07 Å². The third-order valence-corrected chi connectivity index (χ3v) is 3.44. The number of halogens is 1. The molecule has 0 fully saturated rings. The van der Waals surface area contributed by atoms with Crippen LogP contribution < -0.4 is 10.2 Å². The second-order valence-electron chi connectivity index (χ2n) is 5.20. The first-order chi connectivity index (χ1) is 8.50. The molecule has 0 atom stereocenters. The van der Waals surface area contributed by atoms with E-state index in [0.717, 1.165) is 26.1 Å². The molecule has 0 spiro atoms. The summed E-state index contributed by atoms with van der Waals surface area (Å²) in [5.41, 5.74) is 0.838. The lowest BCUT2D eigenvalue weighted by Gasteiger charge is -2.28. The first kappa shape index (κ1) is 15.0. The van der Waals surface area contributed by atoms with Crippen LogP contribution in [0, 0.1) is 5.82 Å². The van der Waals surface area contributed by atoms with Gasteiger partial charge in [0, 0.05) is 25.2 Å². The number of hydrogen-bond donors (Lipinski definition) is 1. The highest BCUT2D eigenvalue weighted by Crippen LogP contribution is 2.18. The number of anilines is 1. The van der Waals surface area contributed by atoms with Gasteiger partial charge in [0.15, 0.2) is 0 Å². The first-order valence-corrected chi connectivity index (χ1v) is 6.74. The summed E-state index contributed by atoms with van der Waals surface area (Å²) in [4.78, 5) is 2.06. The van der Waals surface area contributed by atoms with Gasteiger partial charge in [0.25, 0.3) is 0 Å². The molecule has 1 N–H and O–H groups in total. The lowest BCUT2D eigenvalue weighted by molar-refractivity contribution is 0.380. The van der Waals surface area contributed by atoms with Gasteiger partial charge in [-0.3, -0.25) is 0 Å². The van der Waals surface area contributed by atoms with Crippen LogP contribution in [0.25, 0.3) is 0 Å². The van der Waals surface area contributed by atoms with Crippen molar-refractivity contribution in [1.82, 2.24) is 5.32 Å². The van der Waals surface area contributed by atoms with Crippen LogP contribution >= 0.6 is 0 Å². The summed E-state index contributed by atoms with van der Waals surface area (Å²) in [6.45, 7) is 11.1. The molecule has 3 heteroatoms. The number of benzene rings is 1. The molecule has 0 aromatic heterocycles. The number of rotatable bonds is 7. The summed E-state index contributed by atoms with van der Waals surface area (Å²) >= 11 is 0. The van der Waals surface area contributed by atoms with Crippen molar-refractivity contribution in [2.75, 3.05) is 24.5 Å². The van der Waals surface area contributed by atoms with Crippen LogP contribution in [0.4, 0.5) is 10.1 Å². The van der Waals surface area contributed by atoms with E-state index < -0.39 is 0 Å². The average molecular weight is 252 g/mol. The van der Waals surface area contributed by atoms with E-state index in [0.29, 0.717) is 5.69 Å². The first-order valence-electron chi connectivity index (χ1n) is 6.74. The van der Waals surface area contributed by atoms with Gasteiger partial charge in [0.1, 0.15) is 5.82 Å². The van der Waals surface area contributed by atoms with Crippen LogP contribution in [0.1, 0.15) is 34.1 Å². The van der Waals surface area contributed by atoms with E-state index in [1.165, 1.54) is 6.07 Å². The Morgan fingerprint density at radius 3 is 2.44 bits per heavy atom. The van der Waals surface area contributed by atoms with Crippen molar-refractivity contribution >= 4 is 5.69 Å². The minimum absolute atomic E-state index is 0.144. The molecule has 0 aliphatic carbocycles. The quantitative estimate of drug-likeness (QED) is 0.800. The van der Waals surface area contributed by atoms with Gasteiger partial charge in [-0.25, -0.2) is 4.39 Å². The van der Waals surface area contributed by atoms with Gasteiger partial charge in [0.2, 0.25) is 0 Å². The predicted octanol–water partition coefficient (Wildman–Crippen LogP) is 3.43. The fourth-order valence-electron chi connectivity index (χ4n) is 1.81. The van der Waals surface area contributed by atoms with Gasteiger partial charge in [-0.15, -0.1) is 0 Å². The molecular formula is C15H25FN2. The average Bonchev–Trinajstić information content (AvgIpc) is 2.36. The second-order valence-corrected chi connectivity index (χ2v) is 5.20. The molecule has 2 nitrogen and oxygen atoms in total. The van der Waals surface area contributed by atoms with Crippen molar-refractivity contribution in [2.45, 2.75) is 39.7 Å². The Bertz CT molecular complexity index is 363. The van der Waals surface area contributed by atoms with Crippen LogP contribution in [0.3, 0.4) is 0 Å². The standard InChI is InChI=1S/C15H25FN2/c1-5-15(3,4)17-11-12-18(6-2)14-10-8-7-9-13(14)16/h7-10,17H,5-6,11-12H2,1-4H3. The molecule has 1 rings (SSSR count). The van der Waals surface area contributed by atoms with Crippen molar-refractivity contribution in [3.63, 3.8) is 0 Å². The van der Waals surface area contributed by atoms with E-state index in [4.69, 9.17) is 0 Å². The molecule has 0 heterocycles. The van der Waals surface area contributed by atoms with E-state index in [9.17, 15) is 4.39 Å². The van der Waals surface area contributed by atoms with Gasteiger partial charge in [-0.05, 0) is 39.3 Å². The molecule has 0 saturated heterocycles. The largest absolute Gasteiger partial charge is 0.368 e. The molecule has 18 heavy (non-hydrogen) atoms. The van der Waals surface area contributed by atoms with Gasteiger partial charge in [0.05, 0.1) is 5.69 Å². The normalized spacial score (nSPS) is 11.6. The predicted molar refractivity (Wildman–Crippen MR) is 76.7 cm³/mol. The third kappa shape index (κ3) is 4.30. The van der Waals surface area contributed by atoms with E-state index in [1.807, 2.05) is 12.1 Å². The second kappa shape index (κ2) is 6.74. The molecule has 102 valence electrons. The van der Waals surface area contributed by atoms with Crippen LogP contribution in [0.5, 0.6) is 0 Å². The van der Waals surface area contributed by atoms with E-state index in [-0.39, 0.29) is 11.4 Å². The number of nitrogens with zero attached hydrogens (tertiary/aromatic N) is 1. The fourth-order valence-corrected chi connectivity index (χ4v) is 1.81. The maximum atomic E-state index is 13.7. The molecule has 0 unspecified atom stereocenters. The molecule has 0 aliphatic rings. The lowest BCUT2D eigenvalue weighted by Crippen LogP contribution is -2.43. The van der Waals surface area contributed by atoms with Crippen molar-refractivity contribution in [1.29, 1.82) is 0 Å². The number of nitrogens with one attached hydrogen (secondary N) is 1. The Hall–Kier alpha value is -1.09. The fraction of sp³-hybridized carbons (Fsp3) is 0.600. The summed E-state index contributed by atoms with van der Waals surface area (Å²) in [5.74, 6) is -0.144. The van der Waals surface area contributed by atoms with Gasteiger partial charge in [-0.1, -0.05) is 19.1 Å². The molecule has 0 aliphatic heterocycles. The number of likely N-dealkylation sites (N-methyl/N-ethyl adjacent to an activating group) is 1. The highest BCUT2D eigenvalue weighted by Gasteiger charge is 2.14. The van der Waals surface area contributed by atoms with Crippen LogP contribution in [-0.4, -0.2) is 25.2 Å². The monoisotopic (exact) mass is 252 g/mol. The van der Waals surface area contributed by atoms with E-state index >= 15 is 0 Å². The Kier molecular flexibility index (Phi) is 5.60. The van der Waals surface area contributed by atoms with Crippen LogP contribution in [-0.2, 0) is 0 Å². The minimum atomic E-state index is -0.144. The zero-order chi connectivity index (χ0) is 13.6. The molecule has 0 saturated carbocycles. The van der Waals surface area contributed by atoms with Crippen molar-refractivity contribution in [2.24, 2.45) is 0 Å². The smallest absolute Gasteiger partial charge is 0.146 e. The van der Waals surface area contributed by atoms with E-state index in [2.05, 4.69) is 37.9 Å². The van der Waals surface area contributed by atoms with Crippen molar-refractivity contribution < 1.29 is 4.39 Å². The lowest BCUT2D eigenvalue weighted by atomic mass is 10.0. The summed E-state index contributed by atoms with van der Waals surface area (Å²) in [5, 5.41) is 3.50. The third-order valence-electron chi connectivity index (χ3n) is 3.44. The van der Waals surface area contributed by atoms with Crippen molar-refractivity contribution in [3.8, 4) is 0 Å². The van der Waals surface area contributed by atoms with Gasteiger partial charge >= 0.3 is 0 Å². The molecule has 0 amide bonds. The van der Waals surface area contributed by atoms with Gasteiger partial charge in [-0.2, -0.15) is 0 Å². The SMILES string of the molecule is CCN(CCNC(C)(C)CC)c1ccccc1F. The maximum absolute atomic E-state index is 13.7. The number of para-hydroxylation sites is 1. The van der Waals surface area contributed by atoms with Gasteiger partial charge < -0.3 is 10.2 Å². The molecule has 0 radical (unpaired) electrons. The molecule has 1 aromatic carbocycles. The summed E-state index contributed by atoms with van der Waals surface area (Å²) in [6, 6.07) is 6.96. The topological polar surface area (TPSA) is 15.3 Å². The van der Waals surface area contributed by atoms with Crippen molar-refractivity contribution in [3.05, 3.63) is 30.1 Å². The Labute approximate surface area is 110 Å². The van der Waals surface area contributed by atoms with Crippen LogP contribution in [0.2, 0.25) is 0 Å². The molecule has 0 bridgehead atoms.